The first-order valence-electron chi connectivity index (χ1n) is 7.49. The van der Waals surface area contributed by atoms with Crippen LogP contribution in [-0.2, 0) is 9.59 Å². The van der Waals surface area contributed by atoms with E-state index in [-0.39, 0.29) is 30.5 Å². The van der Waals surface area contributed by atoms with Crippen LogP contribution in [0.25, 0.3) is 0 Å². The van der Waals surface area contributed by atoms with E-state index in [0.29, 0.717) is 6.54 Å². The van der Waals surface area contributed by atoms with Gasteiger partial charge in [0.1, 0.15) is 0 Å². The van der Waals surface area contributed by atoms with Gasteiger partial charge in [-0.15, -0.1) is 12.4 Å². The number of ketones is 1. The minimum absolute atomic E-state index is 0. The first-order chi connectivity index (χ1) is 9.87. The molecule has 0 saturated carbocycles. The van der Waals surface area contributed by atoms with Gasteiger partial charge >= 0.3 is 0 Å². The van der Waals surface area contributed by atoms with Crippen LogP contribution >= 0.6 is 12.4 Å². The summed E-state index contributed by atoms with van der Waals surface area (Å²) in [7, 11) is 0. The lowest BCUT2D eigenvalue weighted by Gasteiger charge is -2.17. The van der Waals surface area contributed by atoms with Gasteiger partial charge in [0.25, 0.3) is 0 Å². The van der Waals surface area contributed by atoms with Crippen LogP contribution in [-0.4, -0.2) is 36.2 Å². The lowest BCUT2D eigenvalue weighted by atomic mass is 10.0. The van der Waals surface area contributed by atoms with Crippen molar-refractivity contribution >= 4 is 29.8 Å². The number of hydrogen-bond acceptors (Lipinski definition) is 3. The van der Waals surface area contributed by atoms with Crippen LogP contribution in [0.5, 0.6) is 0 Å². The molecule has 0 aliphatic heterocycles. The summed E-state index contributed by atoms with van der Waals surface area (Å²) < 4.78 is 0. The number of nitrogens with one attached hydrogen (secondary N) is 1. The van der Waals surface area contributed by atoms with Crippen LogP contribution in [0.2, 0.25) is 0 Å². The summed E-state index contributed by atoms with van der Waals surface area (Å²) in [6.45, 7) is 12.0. The number of halogens is 1. The second kappa shape index (κ2) is 9.59. The predicted molar refractivity (Wildman–Crippen MR) is 93.9 cm³/mol. The Bertz CT molecular complexity index is 502. The SMILES string of the molecule is CCN(CC)CC(=O)CC(=O)Nc1c(C)cc(C)cc1C.Cl. The summed E-state index contributed by atoms with van der Waals surface area (Å²) in [5.41, 5.74) is 4.04. The van der Waals surface area contributed by atoms with E-state index in [1.807, 2.05) is 51.7 Å². The Morgan fingerprint density at radius 3 is 2.00 bits per heavy atom. The third kappa shape index (κ3) is 6.16. The largest absolute Gasteiger partial charge is 0.325 e. The average Bonchev–Trinajstić information content (AvgIpc) is 2.40. The number of anilines is 1. The molecule has 0 heterocycles. The fraction of sp³-hybridized carbons (Fsp3) is 0.529. The Kier molecular flexibility index (Phi) is 8.99. The van der Waals surface area contributed by atoms with E-state index in [1.54, 1.807) is 0 Å². The smallest absolute Gasteiger partial charge is 0.231 e. The third-order valence-electron chi connectivity index (χ3n) is 3.59. The lowest BCUT2D eigenvalue weighted by Crippen LogP contribution is -2.31. The third-order valence-corrected chi connectivity index (χ3v) is 3.59. The van der Waals surface area contributed by atoms with Crippen LogP contribution < -0.4 is 5.32 Å². The van der Waals surface area contributed by atoms with Crippen LogP contribution in [0.1, 0.15) is 37.0 Å². The van der Waals surface area contributed by atoms with Crippen molar-refractivity contribution in [3.8, 4) is 0 Å². The van der Waals surface area contributed by atoms with Crippen molar-refractivity contribution in [2.24, 2.45) is 0 Å². The molecule has 1 aromatic rings. The highest BCUT2D eigenvalue weighted by Crippen LogP contribution is 2.22. The molecule has 0 saturated heterocycles. The minimum atomic E-state index is -0.234. The van der Waals surface area contributed by atoms with Crippen molar-refractivity contribution in [2.75, 3.05) is 25.0 Å². The fourth-order valence-electron chi connectivity index (χ4n) is 2.49. The van der Waals surface area contributed by atoms with Crippen LogP contribution in [0.3, 0.4) is 0 Å². The molecule has 0 bridgehead atoms. The molecule has 1 rings (SSSR count). The maximum Gasteiger partial charge on any atom is 0.231 e. The Morgan fingerprint density at radius 2 is 1.55 bits per heavy atom. The molecule has 1 amide bonds. The molecule has 22 heavy (non-hydrogen) atoms. The molecule has 1 N–H and O–H groups in total. The van der Waals surface area contributed by atoms with Crippen molar-refractivity contribution in [1.82, 2.24) is 4.90 Å². The Hall–Kier alpha value is -1.39. The van der Waals surface area contributed by atoms with Crippen molar-refractivity contribution in [3.63, 3.8) is 0 Å². The van der Waals surface area contributed by atoms with Crippen molar-refractivity contribution in [3.05, 3.63) is 28.8 Å². The number of Topliss-reactive ketones (excluding diaryl/α,β-unsaturated/α-hetero) is 1. The molecule has 5 heteroatoms. The summed E-state index contributed by atoms with van der Waals surface area (Å²) in [5, 5.41) is 2.87. The number of benzene rings is 1. The zero-order valence-electron chi connectivity index (χ0n) is 14.2. The Morgan fingerprint density at radius 1 is 1.05 bits per heavy atom. The zero-order valence-corrected chi connectivity index (χ0v) is 15.0. The number of hydrogen-bond donors (Lipinski definition) is 1. The number of amides is 1. The molecule has 0 aliphatic rings. The van der Waals surface area contributed by atoms with Gasteiger partial charge in [-0.25, -0.2) is 0 Å². The molecule has 124 valence electrons. The maximum atomic E-state index is 12.0. The number of carbonyl (C=O) groups excluding carboxylic acids is 2. The maximum absolute atomic E-state index is 12.0. The summed E-state index contributed by atoms with van der Waals surface area (Å²) in [5.74, 6) is -0.277. The second-order valence-electron chi connectivity index (χ2n) is 5.50. The standard InChI is InChI=1S/C17H26N2O2.ClH/c1-6-19(7-2)11-15(20)10-16(21)18-17-13(4)8-12(3)9-14(17)5;/h8-9H,6-7,10-11H2,1-5H3,(H,18,21);1H. The average molecular weight is 327 g/mol. The lowest BCUT2D eigenvalue weighted by molar-refractivity contribution is -0.126. The molecule has 0 unspecified atom stereocenters. The normalized spacial score (nSPS) is 10.3. The number of carbonyl (C=O) groups is 2. The monoisotopic (exact) mass is 326 g/mol. The summed E-state index contributed by atoms with van der Waals surface area (Å²) in [6, 6.07) is 4.06. The van der Waals surface area contributed by atoms with E-state index in [2.05, 4.69) is 5.32 Å². The molecular formula is C17H27ClN2O2. The van der Waals surface area contributed by atoms with Crippen molar-refractivity contribution in [2.45, 2.75) is 41.0 Å². The fourth-order valence-corrected chi connectivity index (χ4v) is 2.49. The molecule has 0 fully saturated rings. The minimum Gasteiger partial charge on any atom is -0.325 e. The molecule has 1 aromatic carbocycles. The number of aryl methyl sites for hydroxylation is 3. The summed E-state index contributed by atoms with van der Waals surface area (Å²) >= 11 is 0. The number of rotatable bonds is 7. The molecular weight excluding hydrogens is 300 g/mol. The van der Waals surface area contributed by atoms with Gasteiger partial charge in [-0.2, -0.15) is 0 Å². The molecule has 4 nitrogen and oxygen atoms in total. The van der Waals surface area contributed by atoms with Crippen LogP contribution in [0.15, 0.2) is 12.1 Å². The van der Waals surface area contributed by atoms with E-state index in [9.17, 15) is 9.59 Å². The van der Waals surface area contributed by atoms with Gasteiger partial charge in [-0.05, 0) is 45.0 Å². The quantitative estimate of drug-likeness (QED) is 0.782. The Balaban J connectivity index is 0.00000441. The van der Waals surface area contributed by atoms with E-state index < -0.39 is 0 Å². The predicted octanol–water partition coefficient (Wildman–Crippen LogP) is 3.27. The van der Waals surface area contributed by atoms with E-state index >= 15 is 0 Å². The van der Waals surface area contributed by atoms with Crippen LogP contribution in [0.4, 0.5) is 5.69 Å². The molecule has 0 aromatic heterocycles. The van der Waals surface area contributed by atoms with Gasteiger partial charge in [-0.1, -0.05) is 31.5 Å². The number of likely N-dealkylation sites (N-methyl/N-ethyl adjacent to an activating group) is 1. The van der Waals surface area contributed by atoms with E-state index in [1.165, 1.54) is 5.56 Å². The summed E-state index contributed by atoms with van der Waals surface area (Å²) in [4.78, 5) is 25.9. The highest BCUT2D eigenvalue weighted by molar-refractivity contribution is 6.05. The molecule has 0 spiro atoms. The van der Waals surface area contributed by atoms with Gasteiger partial charge in [0.15, 0.2) is 5.78 Å². The van der Waals surface area contributed by atoms with Crippen molar-refractivity contribution < 1.29 is 9.59 Å². The van der Waals surface area contributed by atoms with Crippen molar-refractivity contribution in [1.29, 1.82) is 0 Å². The summed E-state index contributed by atoms with van der Waals surface area (Å²) in [6.07, 6.45) is -0.0662. The van der Waals surface area contributed by atoms with E-state index in [4.69, 9.17) is 0 Å². The van der Waals surface area contributed by atoms with Gasteiger partial charge in [0.05, 0.1) is 13.0 Å². The first-order valence-corrected chi connectivity index (χ1v) is 7.49. The van der Waals surface area contributed by atoms with Gasteiger partial charge in [-0.3, -0.25) is 14.5 Å². The Labute approximate surface area is 139 Å². The highest BCUT2D eigenvalue weighted by atomic mass is 35.5. The highest BCUT2D eigenvalue weighted by Gasteiger charge is 2.14. The zero-order chi connectivity index (χ0) is 16.0. The molecule has 0 atom stereocenters. The van der Waals surface area contributed by atoms with E-state index in [0.717, 1.165) is 29.9 Å². The molecule has 0 radical (unpaired) electrons. The number of nitrogens with zero attached hydrogens (tertiary/aromatic N) is 1. The first kappa shape index (κ1) is 20.6. The van der Waals surface area contributed by atoms with Gasteiger partial charge in [0.2, 0.25) is 5.91 Å². The topological polar surface area (TPSA) is 49.4 Å². The second-order valence-corrected chi connectivity index (χ2v) is 5.50. The van der Waals surface area contributed by atoms with Gasteiger partial charge < -0.3 is 5.32 Å². The van der Waals surface area contributed by atoms with Crippen LogP contribution in [0, 0.1) is 20.8 Å². The van der Waals surface area contributed by atoms with Gasteiger partial charge in [0, 0.05) is 5.69 Å². The molecule has 0 aliphatic carbocycles.